The quantitative estimate of drug-likeness (QED) is 0.912. The molecule has 5 heteroatoms. The van der Waals surface area contributed by atoms with Crippen LogP contribution < -0.4 is 5.32 Å². The van der Waals surface area contributed by atoms with Gasteiger partial charge in [0.1, 0.15) is 11.4 Å². The summed E-state index contributed by atoms with van der Waals surface area (Å²) in [6.07, 6.45) is 0. The van der Waals surface area contributed by atoms with Crippen molar-refractivity contribution in [1.82, 2.24) is 5.32 Å². The van der Waals surface area contributed by atoms with Gasteiger partial charge in [-0.05, 0) is 42.8 Å². The van der Waals surface area contributed by atoms with Crippen molar-refractivity contribution in [3.8, 4) is 0 Å². The summed E-state index contributed by atoms with van der Waals surface area (Å²) < 4.78 is 13.1. The highest BCUT2D eigenvalue weighted by Crippen LogP contribution is 2.21. The van der Waals surface area contributed by atoms with Crippen LogP contribution in [0, 0.1) is 5.82 Å². The van der Waals surface area contributed by atoms with Gasteiger partial charge in [0.25, 0.3) is 5.91 Å². The summed E-state index contributed by atoms with van der Waals surface area (Å²) in [6, 6.07) is 12.1. The molecule has 0 fully saturated rings. The summed E-state index contributed by atoms with van der Waals surface area (Å²) in [6.45, 7) is 1.59. The van der Waals surface area contributed by atoms with E-state index >= 15 is 0 Å². The highest BCUT2D eigenvalue weighted by molar-refractivity contribution is 6.30. The number of carbonyl (C=O) groups is 1. The fourth-order valence-electron chi connectivity index (χ4n) is 1.90. The van der Waals surface area contributed by atoms with Crippen LogP contribution in [-0.2, 0) is 5.60 Å². The Balaban J connectivity index is 2.04. The topological polar surface area (TPSA) is 49.3 Å². The van der Waals surface area contributed by atoms with Crippen molar-refractivity contribution in [3.05, 3.63) is 70.5 Å². The normalized spacial score (nSPS) is 13.5. The van der Waals surface area contributed by atoms with E-state index in [1.807, 2.05) is 0 Å². The Morgan fingerprint density at radius 1 is 1.29 bits per heavy atom. The number of aliphatic hydroxyl groups is 1. The standard InChI is InChI=1S/C16H15ClFNO2/c1-16(21,12-5-7-13(17)8-6-12)10-19-15(20)11-3-2-4-14(18)9-11/h2-9,21H,10H2,1H3,(H,19,20). The third-order valence-corrected chi connectivity index (χ3v) is 3.40. The summed E-state index contributed by atoms with van der Waals surface area (Å²) in [4.78, 5) is 11.9. The van der Waals surface area contributed by atoms with Gasteiger partial charge in [-0.25, -0.2) is 4.39 Å². The fourth-order valence-corrected chi connectivity index (χ4v) is 2.02. The molecule has 1 amide bonds. The lowest BCUT2D eigenvalue weighted by Gasteiger charge is -2.24. The third kappa shape index (κ3) is 4.03. The lowest BCUT2D eigenvalue weighted by molar-refractivity contribution is 0.0526. The van der Waals surface area contributed by atoms with Gasteiger partial charge >= 0.3 is 0 Å². The second-order valence-corrected chi connectivity index (χ2v) is 5.41. The Labute approximate surface area is 127 Å². The number of hydrogen-bond acceptors (Lipinski definition) is 2. The Bertz CT molecular complexity index is 641. The van der Waals surface area contributed by atoms with E-state index in [0.717, 1.165) is 6.07 Å². The molecule has 0 heterocycles. The van der Waals surface area contributed by atoms with E-state index in [1.165, 1.54) is 18.2 Å². The molecule has 1 unspecified atom stereocenters. The first kappa shape index (κ1) is 15.5. The highest BCUT2D eigenvalue weighted by Gasteiger charge is 2.24. The summed E-state index contributed by atoms with van der Waals surface area (Å²) >= 11 is 5.80. The van der Waals surface area contributed by atoms with Crippen LogP contribution in [0.5, 0.6) is 0 Å². The number of carbonyl (C=O) groups excluding carboxylic acids is 1. The Hall–Kier alpha value is -1.91. The molecule has 2 N–H and O–H groups in total. The number of amides is 1. The number of hydrogen-bond donors (Lipinski definition) is 2. The molecular formula is C16H15ClFNO2. The van der Waals surface area contributed by atoms with Crippen molar-refractivity contribution >= 4 is 17.5 Å². The minimum absolute atomic E-state index is 0.00395. The van der Waals surface area contributed by atoms with Crippen molar-refractivity contribution in [1.29, 1.82) is 0 Å². The molecule has 0 aliphatic heterocycles. The first-order valence-corrected chi connectivity index (χ1v) is 6.78. The zero-order chi connectivity index (χ0) is 15.5. The minimum atomic E-state index is -1.24. The summed E-state index contributed by atoms with van der Waals surface area (Å²) in [5, 5.41) is 13.6. The average Bonchev–Trinajstić information content (AvgIpc) is 2.45. The number of halogens is 2. The monoisotopic (exact) mass is 307 g/mol. The summed E-state index contributed by atoms with van der Waals surface area (Å²) in [7, 11) is 0. The van der Waals surface area contributed by atoms with E-state index in [9.17, 15) is 14.3 Å². The largest absolute Gasteiger partial charge is 0.384 e. The molecule has 0 aliphatic carbocycles. The molecule has 2 aromatic rings. The van der Waals surface area contributed by atoms with Crippen LogP contribution >= 0.6 is 11.6 Å². The maximum atomic E-state index is 13.1. The van der Waals surface area contributed by atoms with Gasteiger partial charge in [0, 0.05) is 10.6 Å². The number of nitrogens with one attached hydrogen (secondary N) is 1. The van der Waals surface area contributed by atoms with Crippen LogP contribution in [0.15, 0.2) is 48.5 Å². The zero-order valence-electron chi connectivity index (χ0n) is 11.4. The van der Waals surface area contributed by atoms with Gasteiger partial charge in [-0.3, -0.25) is 4.79 Å². The van der Waals surface area contributed by atoms with Crippen LogP contribution in [-0.4, -0.2) is 17.6 Å². The predicted octanol–water partition coefficient (Wildman–Crippen LogP) is 3.12. The maximum absolute atomic E-state index is 13.1. The van der Waals surface area contributed by atoms with Gasteiger partial charge < -0.3 is 10.4 Å². The second-order valence-electron chi connectivity index (χ2n) is 4.97. The van der Waals surface area contributed by atoms with Gasteiger partial charge in [-0.15, -0.1) is 0 Å². The van der Waals surface area contributed by atoms with Crippen molar-refractivity contribution in [2.75, 3.05) is 6.54 Å². The van der Waals surface area contributed by atoms with E-state index in [-0.39, 0.29) is 12.1 Å². The SMILES string of the molecule is CC(O)(CNC(=O)c1cccc(F)c1)c1ccc(Cl)cc1. The van der Waals surface area contributed by atoms with Crippen molar-refractivity contribution in [3.63, 3.8) is 0 Å². The molecule has 3 nitrogen and oxygen atoms in total. The van der Waals surface area contributed by atoms with E-state index < -0.39 is 17.3 Å². The van der Waals surface area contributed by atoms with E-state index in [0.29, 0.717) is 10.6 Å². The minimum Gasteiger partial charge on any atom is -0.384 e. The van der Waals surface area contributed by atoms with Crippen molar-refractivity contribution < 1.29 is 14.3 Å². The summed E-state index contributed by atoms with van der Waals surface area (Å²) in [5.74, 6) is -0.921. The molecule has 110 valence electrons. The number of rotatable bonds is 4. The molecule has 0 saturated carbocycles. The third-order valence-electron chi connectivity index (χ3n) is 3.15. The molecule has 0 aliphatic rings. The predicted molar refractivity (Wildman–Crippen MR) is 79.8 cm³/mol. The lowest BCUT2D eigenvalue weighted by Crippen LogP contribution is -2.38. The first-order chi connectivity index (χ1) is 9.88. The summed E-state index contributed by atoms with van der Waals surface area (Å²) in [5.41, 5.74) is -0.401. The Morgan fingerprint density at radius 2 is 1.95 bits per heavy atom. The Kier molecular flexibility index (Phi) is 4.60. The fraction of sp³-hybridized carbons (Fsp3) is 0.188. The van der Waals surface area contributed by atoms with Crippen LogP contribution in [0.25, 0.3) is 0 Å². The zero-order valence-corrected chi connectivity index (χ0v) is 12.2. The maximum Gasteiger partial charge on any atom is 0.251 e. The second kappa shape index (κ2) is 6.24. The van der Waals surface area contributed by atoms with E-state index in [2.05, 4.69) is 5.32 Å². The molecule has 0 saturated heterocycles. The van der Waals surface area contributed by atoms with Gasteiger partial charge in [-0.1, -0.05) is 29.8 Å². The Morgan fingerprint density at radius 3 is 2.57 bits per heavy atom. The molecular weight excluding hydrogens is 293 g/mol. The molecule has 0 aromatic heterocycles. The van der Waals surface area contributed by atoms with Crippen LogP contribution in [0.3, 0.4) is 0 Å². The molecule has 2 rings (SSSR count). The van der Waals surface area contributed by atoms with Crippen LogP contribution in [0.4, 0.5) is 4.39 Å². The van der Waals surface area contributed by atoms with E-state index in [4.69, 9.17) is 11.6 Å². The molecule has 0 spiro atoms. The smallest absolute Gasteiger partial charge is 0.251 e. The molecule has 1 atom stereocenters. The highest BCUT2D eigenvalue weighted by atomic mass is 35.5. The van der Waals surface area contributed by atoms with Gasteiger partial charge in [0.2, 0.25) is 0 Å². The van der Waals surface area contributed by atoms with Crippen molar-refractivity contribution in [2.24, 2.45) is 0 Å². The molecule has 21 heavy (non-hydrogen) atoms. The molecule has 0 radical (unpaired) electrons. The van der Waals surface area contributed by atoms with Crippen molar-refractivity contribution in [2.45, 2.75) is 12.5 Å². The molecule has 0 bridgehead atoms. The van der Waals surface area contributed by atoms with Gasteiger partial charge in [0.15, 0.2) is 0 Å². The lowest BCUT2D eigenvalue weighted by atomic mass is 9.96. The van der Waals surface area contributed by atoms with Gasteiger partial charge in [0.05, 0.1) is 6.54 Å². The molecule has 2 aromatic carbocycles. The van der Waals surface area contributed by atoms with E-state index in [1.54, 1.807) is 31.2 Å². The van der Waals surface area contributed by atoms with Crippen LogP contribution in [0.1, 0.15) is 22.8 Å². The van der Waals surface area contributed by atoms with Gasteiger partial charge in [-0.2, -0.15) is 0 Å². The first-order valence-electron chi connectivity index (χ1n) is 6.41. The average molecular weight is 308 g/mol. The number of benzene rings is 2. The van der Waals surface area contributed by atoms with Crippen LogP contribution in [0.2, 0.25) is 5.02 Å².